The average Bonchev–Trinajstić information content (AvgIpc) is 3.38. The second kappa shape index (κ2) is 71.4. The van der Waals surface area contributed by atoms with Gasteiger partial charge in [0.1, 0.15) is 0 Å². The summed E-state index contributed by atoms with van der Waals surface area (Å²) in [6.07, 6.45) is 4.64. The largest absolute Gasteiger partial charge is 0.762 e. The highest BCUT2D eigenvalue weighted by molar-refractivity contribution is 6.51. The van der Waals surface area contributed by atoms with Crippen molar-refractivity contribution in [2.75, 3.05) is 80.8 Å². The Kier molecular flexibility index (Phi) is 88.2. The summed E-state index contributed by atoms with van der Waals surface area (Å²) in [5.41, 5.74) is 19.4. The van der Waals surface area contributed by atoms with Crippen LogP contribution in [0.2, 0.25) is 50.4 Å². The number of aliphatic hydroxyl groups is 3. The lowest BCUT2D eigenvalue weighted by Crippen LogP contribution is -2.33. The van der Waals surface area contributed by atoms with Crippen LogP contribution in [0.5, 0.6) is 0 Å². The van der Waals surface area contributed by atoms with Crippen molar-refractivity contribution in [1.29, 1.82) is 0 Å². The molecule has 415 valence electrons. The molecule has 3 radical (unpaired) electrons. The van der Waals surface area contributed by atoms with Crippen LogP contribution in [0.4, 0.5) is 31.6 Å². The topological polar surface area (TPSA) is 288 Å². The third-order valence-corrected chi connectivity index (χ3v) is 17.0. The molecule has 0 aliphatic carbocycles. The van der Waals surface area contributed by atoms with E-state index in [0.717, 1.165) is 95.1 Å². The van der Waals surface area contributed by atoms with E-state index >= 15 is 0 Å². The summed E-state index contributed by atoms with van der Waals surface area (Å²) in [7, 11) is 5.01. The Balaban J connectivity index is -0.000000110. The first-order valence-corrected chi connectivity index (χ1v) is 31.9. The first-order chi connectivity index (χ1) is 33.2. The number of rotatable bonds is 20. The summed E-state index contributed by atoms with van der Waals surface area (Å²) < 4.78 is 77.7. The molecule has 2 amide bonds. The lowest BCUT2D eigenvalue weighted by Gasteiger charge is -2.26. The molecule has 1 heterocycles. The van der Waals surface area contributed by atoms with Crippen LogP contribution in [-0.4, -0.2) is 174 Å². The fourth-order valence-electron chi connectivity index (χ4n) is 4.96. The minimum absolute atomic E-state index is 0. The van der Waals surface area contributed by atoms with Gasteiger partial charge >= 0.3 is 23.5 Å². The Morgan fingerprint density at radius 3 is 1.35 bits per heavy atom. The molecule has 14 N–H and O–H groups in total. The molecule has 71 heavy (non-hydrogen) atoms. The van der Waals surface area contributed by atoms with E-state index in [9.17, 15) is 31.2 Å². The zero-order valence-electron chi connectivity index (χ0n) is 44.0. The van der Waals surface area contributed by atoms with Crippen LogP contribution in [0.3, 0.4) is 0 Å². The molecule has 2 aromatic rings. The van der Waals surface area contributed by atoms with Gasteiger partial charge in [-0.2, -0.15) is 0 Å². The lowest BCUT2D eigenvalue weighted by molar-refractivity contribution is -0.125. The van der Waals surface area contributed by atoms with Gasteiger partial charge in [0, 0.05) is 80.3 Å². The number of amides is 2. The number of nitrogens with zero attached hydrogens (tertiary/aromatic N) is 1. The SMILES string of the molecule is CO.CO.CO.CO[SiH](C)CCCN.CO[SiH](C)CCCN.CO[SiH](C)CCCN.CO[SiH](C)CCCNC(=O)CCC(=O)N1Cc2ccccc2C#Cc2ccccc21.FB(F)F.F[B]F.O.O.[B]F. The van der Waals surface area contributed by atoms with Crippen LogP contribution in [0, 0.1) is 11.8 Å². The van der Waals surface area contributed by atoms with Gasteiger partial charge in [-0.1, -0.05) is 42.2 Å². The van der Waals surface area contributed by atoms with Crippen molar-refractivity contribution in [2.24, 2.45) is 17.2 Å². The molecule has 29 heteroatoms. The molecule has 0 fully saturated rings. The number of carbonyl (C=O) groups excluding carboxylic acids is 2. The number of anilines is 1. The molecule has 0 aromatic heterocycles. The quantitative estimate of drug-likeness (QED) is 0.0436. The Hall–Kier alpha value is -2.90. The smallest absolute Gasteiger partial charge is 0.423 e. The van der Waals surface area contributed by atoms with Crippen molar-refractivity contribution in [3.05, 3.63) is 65.2 Å². The second-order valence-electron chi connectivity index (χ2n) is 13.7. The molecular weight excluding hydrogens is 1010 g/mol. The second-order valence-corrected chi connectivity index (χ2v) is 24.4. The normalized spacial score (nSPS) is 11.1. The minimum atomic E-state index is -3.67. The summed E-state index contributed by atoms with van der Waals surface area (Å²) >= 11 is 0. The monoisotopic (exact) mass is 1100 g/mol. The highest BCUT2D eigenvalue weighted by atomic mass is 28.3. The van der Waals surface area contributed by atoms with Crippen LogP contribution < -0.4 is 27.4 Å². The average molecular weight is 1100 g/mol. The molecular formula is C42H89B3F6N5O11Si4. The number of benzene rings is 2. The summed E-state index contributed by atoms with van der Waals surface area (Å²) in [5, 5.41) is 23.9. The van der Waals surface area contributed by atoms with Crippen LogP contribution in [0.25, 0.3) is 0 Å². The van der Waals surface area contributed by atoms with Crippen molar-refractivity contribution in [1.82, 2.24) is 5.32 Å². The molecule has 2 aromatic carbocycles. The highest BCUT2D eigenvalue weighted by Gasteiger charge is 2.21. The molecule has 0 saturated heterocycles. The van der Waals surface area contributed by atoms with Crippen molar-refractivity contribution in [3.8, 4) is 11.8 Å². The van der Waals surface area contributed by atoms with Gasteiger partial charge in [-0.3, -0.25) is 31.2 Å². The third-order valence-electron chi connectivity index (χ3n) is 8.90. The molecule has 0 saturated carbocycles. The Morgan fingerprint density at radius 2 is 0.986 bits per heavy atom. The van der Waals surface area contributed by atoms with Gasteiger partial charge in [0.15, 0.2) is 36.2 Å². The summed E-state index contributed by atoms with van der Waals surface area (Å²) in [5.74, 6) is 6.24. The molecule has 3 rings (SSSR count). The van der Waals surface area contributed by atoms with Crippen molar-refractivity contribution in [2.45, 2.75) is 95.4 Å². The Morgan fingerprint density at radius 1 is 0.662 bits per heavy atom. The Bertz CT molecular complexity index is 1430. The molecule has 0 bridgehead atoms. The van der Waals surface area contributed by atoms with Crippen LogP contribution in [0.15, 0.2) is 48.5 Å². The maximum absolute atomic E-state index is 13.1. The fourth-order valence-corrected chi connectivity index (χ4v) is 9.11. The standard InChI is InChI=1S/C24H28N2O3Si.3C5H15NOSi.3CH4O.BF3.BF2.BF.2H2O/c1-29-30(2)17-7-16-25-23(27)14-15-24(28)26-18-21-10-4-3-8-19(21)12-13-20-9-5-6-11-22(20)26;3*1-7-8(2)5-3-4-6;3*1-2;2-1(3)4;2-1-3;1-2;;/h3-6,8-11,30H,7,14-18H2,1-2H3,(H,25,27);3*8H,3-6H2,1-2H3;3*2H,1H3;;;;2*1H2. The van der Waals surface area contributed by atoms with E-state index in [1.807, 2.05) is 48.5 Å². The van der Waals surface area contributed by atoms with Gasteiger partial charge in [-0.15, -0.1) is 0 Å². The van der Waals surface area contributed by atoms with Crippen LogP contribution >= 0.6 is 0 Å². The molecule has 1 aliphatic heterocycles. The predicted octanol–water partition coefficient (Wildman–Crippen LogP) is 2.78. The van der Waals surface area contributed by atoms with E-state index in [-0.39, 0.29) is 35.6 Å². The van der Waals surface area contributed by atoms with E-state index in [1.54, 1.807) is 33.3 Å². The number of hydrogen-bond acceptors (Lipinski definition) is 12. The zero-order valence-corrected chi connectivity index (χ0v) is 48.6. The van der Waals surface area contributed by atoms with E-state index in [0.29, 0.717) is 13.1 Å². The molecule has 4 unspecified atom stereocenters. The summed E-state index contributed by atoms with van der Waals surface area (Å²) in [4.78, 5) is 27.0. The number of halogens is 6. The summed E-state index contributed by atoms with van der Waals surface area (Å²) in [6, 6.07) is 20.2. The number of nitrogens with one attached hydrogen (secondary N) is 1. The maximum atomic E-state index is 13.1. The van der Waals surface area contributed by atoms with Crippen LogP contribution in [-0.2, 0) is 33.8 Å². The third kappa shape index (κ3) is 61.3. The maximum Gasteiger partial charge on any atom is 0.762 e. The summed E-state index contributed by atoms with van der Waals surface area (Å²) in [6.45, 7) is 12.2. The number of aliphatic hydroxyl groups excluding tert-OH is 3. The first-order valence-electron chi connectivity index (χ1n) is 22.1. The number of hydrogen-bond donors (Lipinski definition) is 7. The number of carbonyl (C=O) groups is 2. The van der Waals surface area contributed by atoms with Gasteiger partial charge in [0.2, 0.25) is 11.8 Å². The van der Waals surface area contributed by atoms with Crippen molar-refractivity contribution in [3.63, 3.8) is 0 Å². The highest BCUT2D eigenvalue weighted by Crippen LogP contribution is 2.26. The first kappa shape index (κ1) is 87.8. The predicted molar refractivity (Wildman–Crippen MR) is 293 cm³/mol. The van der Waals surface area contributed by atoms with Gasteiger partial charge in [-0.25, -0.2) is 0 Å². The molecule has 4 atom stereocenters. The van der Waals surface area contributed by atoms with E-state index in [1.165, 1.54) is 18.1 Å². The lowest BCUT2D eigenvalue weighted by atomic mass is 10.0. The van der Waals surface area contributed by atoms with Gasteiger partial charge < -0.3 is 75.7 Å². The minimum Gasteiger partial charge on any atom is -0.423 e. The van der Waals surface area contributed by atoms with E-state index in [2.05, 4.69) is 51.5 Å². The molecule has 1 aliphatic rings. The molecule has 16 nitrogen and oxygen atoms in total. The van der Waals surface area contributed by atoms with Gasteiger partial charge in [-0.05, 0) is 119 Å². The number of para-hydroxylation sites is 1. The van der Waals surface area contributed by atoms with Crippen LogP contribution in [0.1, 0.15) is 55.2 Å². The van der Waals surface area contributed by atoms with E-state index in [4.69, 9.17) is 54.5 Å². The zero-order chi connectivity index (χ0) is 54.8. The number of fused-ring (bicyclic) bond motifs is 2. The van der Waals surface area contributed by atoms with Gasteiger partial charge in [0.05, 0.1) is 12.2 Å². The molecule has 0 spiro atoms. The van der Waals surface area contributed by atoms with Crippen molar-refractivity contribution >= 4 is 77.2 Å². The van der Waals surface area contributed by atoms with Gasteiger partial charge in [0.25, 0.3) is 0 Å². The van der Waals surface area contributed by atoms with E-state index < -0.39 is 51.5 Å². The number of nitrogens with two attached hydrogens (primary N) is 3. The Labute approximate surface area is 431 Å². The van der Waals surface area contributed by atoms with Crippen molar-refractivity contribution < 1.29 is 79.5 Å². The fraction of sp³-hybridized carbons (Fsp3) is 0.619.